The fraction of sp³-hybridized carbons (Fsp3) is 0. The number of hydrogen-bond donors (Lipinski definition) is 0. The third-order valence-electron chi connectivity index (χ3n) is 9.18. The number of benzene rings is 7. The van der Waals surface area contributed by atoms with Gasteiger partial charge in [0, 0.05) is 45.2 Å². The number of pyridine rings is 1. The van der Waals surface area contributed by atoms with Crippen LogP contribution in [0, 0.1) is 0 Å². The Morgan fingerprint density at radius 2 is 0.979 bits per heavy atom. The summed E-state index contributed by atoms with van der Waals surface area (Å²) in [7, 11) is 0. The third-order valence-corrected chi connectivity index (χ3v) is 9.18. The van der Waals surface area contributed by atoms with Crippen LogP contribution in [0.3, 0.4) is 0 Å². The monoisotopic (exact) mass is 600 g/mol. The summed E-state index contributed by atoms with van der Waals surface area (Å²) in [5, 5.41) is 11.4. The highest BCUT2D eigenvalue weighted by Gasteiger charge is 2.16. The first-order valence-corrected chi connectivity index (χ1v) is 15.6. The lowest BCUT2D eigenvalue weighted by atomic mass is 9.96. The van der Waals surface area contributed by atoms with E-state index in [1.54, 1.807) is 0 Å². The number of para-hydroxylation sites is 1. The minimum atomic E-state index is 0.621. The van der Waals surface area contributed by atoms with Crippen LogP contribution in [0.25, 0.3) is 99.2 Å². The molecule has 3 heterocycles. The van der Waals surface area contributed by atoms with Gasteiger partial charge < -0.3 is 4.42 Å². The van der Waals surface area contributed by atoms with Crippen molar-refractivity contribution < 1.29 is 4.42 Å². The molecule has 47 heavy (non-hydrogen) atoms. The number of fused-ring (bicyclic) bond motifs is 10. The van der Waals surface area contributed by atoms with Crippen molar-refractivity contribution in [2.24, 2.45) is 0 Å². The zero-order valence-corrected chi connectivity index (χ0v) is 25.1. The van der Waals surface area contributed by atoms with E-state index in [1.165, 1.54) is 16.2 Å². The van der Waals surface area contributed by atoms with Crippen LogP contribution in [0.4, 0.5) is 0 Å². The normalized spacial score (nSPS) is 11.8. The Morgan fingerprint density at radius 1 is 0.383 bits per heavy atom. The molecule has 0 spiro atoms. The van der Waals surface area contributed by atoms with Crippen LogP contribution >= 0.6 is 0 Å². The number of rotatable bonds is 3. The molecular formula is C42H24N4O. The van der Waals surface area contributed by atoms with Gasteiger partial charge in [-0.3, -0.25) is 4.98 Å². The van der Waals surface area contributed by atoms with E-state index < -0.39 is 0 Å². The highest BCUT2D eigenvalue weighted by atomic mass is 16.3. The topological polar surface area (TPSA) is 64.7 Å². The highest BCUT2D eigenvalue weighted by Crippen LogP contribution is 2.37. The van der Waals surface area contributed by atoms with E-state index >= 15 is 0 Å². The molecule has 10 rings (SSSR count). The van der Waals surface area contributed by atoms with Crippen LogP contribution < -0.4 is 0 Å². The molecule has 0 unspecified atom stereocenters. The molecule has 218 valence electrons. The van der Waals surface area contributed by atoms with Crippen molar-refractivity contribution in [2.45, 2.75) is 0 Å². The summed E-state index contributed by atoms with van der Waals surface area (Å²) in [4.78, 5) is 19.6. The van der Waals surface area contributed by atoms with Crippen LogP contribution in [-0.2, 0) is 0 Å². The van der Waals surface area contributed by atoms with Crippen LogP contribution in [0.5, 0.6) is 0 Å². The van der Waals surface area contributed by atoms with Crippen LogP contribution in [0.15, 0.2) is 150 Å². The number of furan rings is 1. The van der Waals surface area contributed by atoms with Gasteiger partial charge in [-0.05, 0) is 68.0 Å². The second-order valence-corrected chi connectivity index (χ2v) is 11.9. The first kappa shape index (κ1) is 25.8. The number of hydrogen-bond acceptors (Lipinski definition) is 5. The van der Waals surface area contributed by atoms with Crippen molar-refractivity contribution in [1.82, 2.24) is 19.9 Å². The van der Waals surface area contributed by atoms with E-state index in [1.807, 2.05) is 54.9 Å². The Balaban J connectivity index is 1.20. The zero-order valence-electron chi connectivity index (χ0n) is 25.1. The van der Waals surface area contributed by atoms with Crippen molar-refractivity contribution >= 4 is 65.0 Å². The average molecular weight is 601 g/mol. The SMILES string of the molecule is c1ccc(-c2nc(-c3ccc4ccc5c6cnccc6ccc5c4c3)nc(-c3ccc4ccc5oc6ccccc6c5c4c3)n2)cc1. The van der Waals surface area contributed by atoms with E-state index in [9.17, 15) is 0 Å². The van der Waals surface area contributed by atoms with Gasteiger partial charge in [0.1, 0.15) is 11.2 Å². The second kappa shape index (κ2) is 10.0. The maximum absolute atomic E-state index is 6.20. The van der Waals surface area contributed by atoms with E-state index in [4.69, 9.17) is 19.4 Å². The fourth-order valence-corrected chi connectivity index (χ4v) is 6.88. The Bertz CT molecular complexity index is 2860. The maximum Gasteiger partial charge on any atom is 0.164 e. The molecule has 0 amide bonds. The van der Waals surface area contributed by atoms with Gasteiger partial charge in [0.15, 0.2) is 17.5 Å². The Hall–Kier alpha value is -6.46. The summed E-state index contributed by atoms with van der Waals surface area (Å²) in [6.45, 7) is 0. The van der Waals surface area contributed by atoms with Gasteiger partial charge in [-0.15, -0.1) is 0 Å². The molecule has 0 saturated heterocycles. The highest BCUT2D eigenvalue weighted by molar-refractivity contribution is 6.19. The van der Waals surface area contributed by atoms with Gasteiger partial charge in [-0.1, -0.05) is 103 Å². The quantitative estimate of drug-likeness (QED) is 0.189. The van der Waals surface area contributed by atoms with E-state index in [0.29, 0.717) is 17.5 Å². The zero-order chi connectivity index (χ0) is 30.9. The molecule has 0 aliphatic rings. The predicted octanol–water partition coefficient (Wildman–Crippen LogP) is 10.8. The van der Waals surface area contributed by atoms with Crippen molar-refractivity contribution in [1.29, 1.82) is 0 Å². The fourth-order valence-electron chi connectivity index (χ4n) is 6.88. The lowest BCUT2D eigenvalue weighted by molar-refractivity contribution is 0.669. The molecule has 5 nitrogen and oxygen atoms in total. The predicted molar refractivity (Wildman–Crippen MR) is 191 cm³/mol. The second-order valence-electron chi connectivity index (χ2n) is 11.9. The maximum atomic E-state index is 6.20. The molecule has 7 aromatic carbocycles. The van der Waals surface area contributed by atoms with Crippen LogP contribution in [-0.4, -0.2) is 19.9 Å². The summed E-state index contributed by atoms with van der Waals surface area (Å²) < 4.78 is 6.20. The molecule has 3 aromatic heterocycles. The third kappa shape index (κ3) is 4.10. The molecule has 0 aliphatic carbocycles. The smallest absolute Gasteiger partial charge is 0.164 e. The van der Waals surface area contributed by atoms with Gasteiger partial charge >= 0.3 is 0 Å². The lowest BCUT2D eigenvalue weighted by Crippen LogP contribution is -2.00. The van der Waals surface area contributed by atoms with Crippen LogP contribution in [0.2, 0.25) is 0 Å². The first-order chi connectivity index (χ1) is 23.3. The van der Waals surface area contributed by atoms with E-state index in [2.05, 4.69) is 96.0 Å². The Labute approximate surface area is 268 Å². The first-order valence-electron chi connectivity index (χ1n) is 15.6. The van der Waals surface area contributed by atoms with Gasteiger partial charge in [0.25, 0.3) is 0 Å². The molecule has 0 radical (unpaired) electrons. The minimum Gasteiger partial charge on any atom is -0.456 e. The average Bonchev–Trinajstić information content (AvgIpc) is 3.54. The van der Waals surface area contributed by atoms with E-state index in [0.717, 1.165) is 65.6 Å². The van der Waals surface area contributed by atoms with Crippen LogP contribution in [0.1, 0.15) is 0 Å². The molecule has 0 aliphatic heterocycles. The van der Waals surface area contributed by atoms with Gasteiger partial charge in [-0.2, -0.15) is 0 Å². The van der Waals surface area contributed by atoms with Gasteiger partial charge in [-0.25, -0.2) is 15.0 Å². The van der Waals surface area contributed by atoms with Crippen molar-refractivity contribution in [3.8, 4) is 34.2 Å². The summed E-state index contributed by atoms with van der Waals surface area (Å²) >= 11 is 0. The standard InChI is InChI=1S/C42H24N4O/c1-2-6-28(7-3-1)40-44-41(29-12-10-25-14-18-32-31(34(25)22-29)17-15-27-20-21-43-24-36(27)32)46-42(45-40)30-13-11-26-16-19-38-39(35(26)23-30)33-8-4-5-9-37(33)47-38/h1-24H. The minimum absolute atomic E-state index is 0.621. The summed E-state index contributed by atoms with van der Waals surface area (Å²) in [5.41, 5.74) is 4.53. The molecule has 0 bridgehead atoms. The molecule has 5 heteroatoms. The molecule has 0 fully saturated rings. The molecule has 10 aromatic rings. The van der Waals surface area contributed by atoms with Crippen molar-refractivity contribution in [3.63, 3.8) is 0 Å². The Kier molecular flexibility index (Phi) is 5.51. The Morgan fingerprint density at radius 3 is 1.77 bits per heavy atom. The lowest BCUT2D eigenvalue weighted by Gasteiger charge is -2.11. The van der Waals surface area contributed by atoms with Gasteiger partial charge in [0.05, 0.1) is 0 Å². The van der Waals surface area contributed by atoms with Gasteiger partial charge in [0.2, 0.25) is 0 Å². The molecule has 0 atom stereocenters. The summed E-state index contributed by atoms with van der Waals surface area (Å²) in [5.74, 6) is 1.88. The van der Waals surface area contributed by atoms with Crippen molar-refractivity contribution in [2.75, 3.05) is 0 Å². The van der Waals surface area contributed by atoms with E-state index in [-0.39, 0.29) is 0 Å². The number of aromatic nitrogens is 4. The molecule has 0 N–H and O–H groups in total. The largest absolute Gasteiger partial charge is 0.456 e. The van der Waals surface area contributed by atoms with Crippen molar-refractivity contribution in [3.05, 3.63) is 146 Å². The molecule has 0 saturated carbocycles. The summed E-state index contributed by atoms with van der Waals surface area (Å²) in [6, 6.07) is 46.1. The summed E-state index contributed by atoms with van der Waals surface area (Å²) in [6.07, 6.45) is 3.78. The molecular weight excluding hydrogens is 576 g/mol. The number of nitrogens with zero attached hydrogens (tertiary/aromatic N) is 4.